The first-order valence-corrected chi connectivity index (χ1v) is 13.1. The maximum absolute atomic E-state index is 13.2. The topological polar surface area (TPSA) is 119 Å². The van der Waals surface area contributed by atoms with Crippen LogP contribution in [0.25, 0.3) is 15.3 Å². The van der Waals surface area contributed by atoms with Gasteiger partial charge in [0.1, 0.15) is 4.83 Å². The van der Waals surface area contributed by atoms with Gasteiger partial charge in [-0.3, -0.25) is 24.2 Å². The van der Waals surface area contributed by atoms with Crippen molar-refractivity contribution in [3.05, 3.63) is 53.9 Å². The molecule has 12 heteroatoms. The third-order valence-electron chi connectivity index (χ3n) is 7.07. The van der Waals surface area contributed by atoms with Crippen molar-refractivity contribution in [1.82, 2.24) is 34.6 Å². The minimum atomic E-state index is -0.306. The summed E-state index contributed by atoms with van der Waals surface area (Å²) in [5.41, 5.74) is 3.12. The van der Waals surface area contributed by atoms with Crippen molar-refractivity contribution in [2.45, 2.75) is 25.3 Å². The Balaban J connectivity index is 1.12. The van der Waals surface area contributed by atoms with Crippen LogP contribution in [0.15, 0.2) is 37.1 Å². The Bertz CT molecular complexity index is 1480. The highest BCUT2D eigenvalue weighted by Crippen LogP contribution is 2.43. The number of amides is 2. The highest BCUT2D eigenvalue weighted by atomic mass is 32.1. The molecule has 6 rings (SSSR count). The van der Waals surface area contributed by atoms with Gasteiger partial charge in [-0.15, -0.1) is 11.3 Å². The average Bonchev–Trinajstić information content (AvgIpc) is 3.20. The number of carbonyl (C=O) groups excluding carboxylic acids is 2. The number of aryl methyl sites for hydroxylation is 2. The predicted octanol–water partition coefficient (Wildman–Crippen LogP) is 2.35. The molecule has 4 aromatic rings. The highest BCUT2D eigenvalue weighted by Gasteiger charge is 2.49. The molecule has 0 atom stereocenters. The van der Waals surface area contributed by atoms with E-state index < -0.39 is 0 Å². The van der Waals surface area contributed by atoms with Gasteiger partial charge in [0.15, 0.2) is 0 Å². The molecule has 0 unspecified atom stereocenters. The van der Waals surface area contributed by atoms with Crippen LogP contribution in [0.4, 0.5) is 5.69 Å². The lowest BCUT2D eigenvalue weighted by atomic mass is 10.2. The lowest BCUT2D eigenvalue weighted by molar-refractivity contribution is -0.0192. The molecule has 0 aromatic carbocycles. The van der Waals surface area contributed by atoms with Crippen LogP contribution >= 0.6 is 11.3 Å². The number of fused-ring (bicyclic) bond motifs is 1. The number of aromatic nitrogens is 5. The molecule has 5 heterocycles. The molecule has 1 aliphatic heterocycles. The zero-order chi connectivity index (χ0) is 25.6. The first kappa shape index (κ1) is 23.8. The fourth-order valence-electron chi connectivity index (χ4n) is 4.72. The van der Waals surface area contributed by atoms with E-state index in [1.165, 1.54) is 17.5 Å². The summed E-state index contributed by atoms with van der Waals surface area (Å²) in [6, 6.07) is 1.67. The Morgan fingerprint density at radius 1 is 1.16 bits per heavy atom. The van der Waals surface area contributed by atoms with Gasteiger partial charge in [0.05, 0.1) is 53.0 Å². The lowest BCUT2D eigenvalue weighted by Crippen LogP contribution is -2.50. The monoisotopic (exact) mass is 520 g/mol. The van der Waals surface area contributed by atoms with Crippen molar-refractivity contribution in [2.24, 2.45) is 7.05 Å². The standard InChI is InChI=1S/C25H28N8O3S/c1-16-20(9-17(10-27-16)22(34)26-5-6-32-7-8-36-15-25(32)3-4-25)30-23(35)19-12-29-33-14-21(37-24(19)33)18-11-28-31(2)13-18/h9-14H,3-8,15H2,1-2H3,(H,26,34)(H,30,35). The predicted molar refractivity (Wildman–Crippen MR) is 139 cm³/mol. The molecule has 192 valence electrons. The van der Waals surface area contributed by atoms with Gasteiger partial charge in [0, 0.05) is 56.4 Å². The Morgan fingerprint density at radius 2 is 2.03 bits per heavy atom. The Kier molecular flexibility index (Phi) is 6.01. The quantitative estimate of drug-likeness (QED) is 0.384. The van der Waals surface area contributed by atoms with Crippen molar-refractivity contribution < 1.29 is 14.3 Å². The van der Waals surface area contributed by atoms with Crippen molar-refractivity contribution in [2.75, 3.05) is 38.2 Å². The van der Waals surface area contributed by atoms with Gasteiger partial charge in [-0.1, -0.05) is 0 Å². The van der Waals surface area contributed by atoms with Crippen LogP contribution in [0.1, 0.15) is 39.3 Å². The van der Waals surface area contributed by atoms with E-state index in [0.29, 0.717) is 29.1 Å². The molecular formula is C25H28N8O3S. The zero-order valence-corrected chi connectivity index (χ0v) is 21.5. The Labute approximate surface area is 217 Å². The third-order valence-corrected chi connectivity index (χ3v) is 8.23. The fourth-order valence-corrected chi connectivity index (χ4v) is 5.76. The third kappa shape index (κ3) is 4.63. The lowest BCUT2D eigenvalue weighted by Gasteiger charge is -2.36. The van der Waals surface area contributed by atoms with Crippen LogP contribution in [-0.4, -0.2) is 79.5 Å². The second kappa shape index (κ2) is 9.36. The largest absolute Gasteiger partial charge is 0.378 e. The molecule has 1 aliphatic carbocycles. The second-order valence-corrected chi connectivity index (χ2v) is 10.7. The van der Waals surface area contributed by atoms with Gasteiger partial charge in [-0.25, -0.2) is 4.52 Å². The molecule has 1 spiro atoms. The number of thiazole rings is 1. The van der Waals surface area contributed by atoms with E-state index in [2.05, 4.69) is 30.7 Å². The van der Waals surface area contributed by atoms with Crippen LogP contribution in [0.5, 0.6) is 0 Å². The number of rotatable bonds is 7. The molecule has 2 N–H and O–H groups in total. The summed E-state index contributed by atoms with van der Waals surface area (Å²) in [7, 11) is 1.86. The van der Waals surface area contributed by atoms with Crippen molar-refractivity contribution in [1.29, 1.82) is 0 Å². The normalized spacial score (nSPS) is 16.8. The summed E-state index contributed by atoms with van der Waals surface area (Å²) in [5, 5.41) is 14.5. The van der Waals surface area contributed by atoms with Gasteiger partial charge in [-0.05, 0) is 25.8 Å². The molecule has 0 radical (unpaired) electrons. The SMILES string of the molecule is Cc1ncc(C(=O)NCCN2CCOCC23CC3)cc1NC(=O)c1cnn2cc(-c3cnn(C)c3)sc12. The van der Waals surface area contributed by atoms with Gasteiger partial charge >= 0.3 is 0 Å². The molecular weight excluding hydrogens is 492 g/mol. The highest BCUT2D eigenvalue weighted by molar-refractivity contribution is 7.21. The maximum Gasteiger partial charge on any atom is 0.260 e. The summed E-state index contributed by atoms with van der Waals surface area (Å²) in [6.45, 7) is 5.55. The van der Waals surface area contributed by atoms with Gasteiger partial charge in [-0.2, -0.15) is 10.2 Å². The number of pyridine rings is 1. The number of hydrogen-bond donors (Lipinski definition) is 2. The van der Waals surface area contributed by atoms with Crippen molar-refractivity contribution in [3.8, 4) is 10.4 Å². The smallest absolute Gasteiger partial charge is 0.260 e. The zero-order valence-electron chi connectivity index (χ0n) is 20.7. The van der Waals surface area contributed by atoms with Crippen LogP contribution in [0.3, 0.4) is 0 Å². The summed E-state index contributed by atoms with van der Waals surface area (Å²) < 4.78 is 9.05. The Morgan fingerprint density at radius 3 is 2.81 bits per heavy atom. The molecule has 4 aromatic heterocycles. The minimum absolute atomic E-state index is 0.187. The van der Waals surface area contributed by atoms with E-state index in [1.54, 1.807) is 34.6 Å². The first-order valence-electron chi connectivity index (χ1n) is 12.3. The van der Waals surface area contributed by atoms with Crippen LogP contribution in [0.2, 0.25) is 0 Å². The van der Waals surface area contributed by atoms with E-state index in [9.17, 15) is 9.59 Å². The van der Waals surface area contributed by atoms with Gasteiger partial charge < -0.3 is 15.4 Å². The van der Waals surface area contributed by atoms with Crippen molar-refractivity contribution >= 4 is 33.7 Å². The molecule has 1 saturated heterocycles. The molecule has 11 nitrogen and oxygen atoms in total. The number of hydrogen-bond acceptors (Lipinski definition) is 8. The number of nitrogens with zero attached hydrogens (tertiary/aromatic N) is 6. The second-order valence-electron chi connectivity index (χ2n) is 9.64. The number of nitrogens with one attached hydrogen (secondary N) is 2. The van der Waals surface area contributed by atoms with Crippen LogP contribution in [-0.2, 0) is 11.8 Å². The minimum Gasteiger partial charge on any atom is -0.378 e. The summed E-state index contributed by atoms with van der Waals surface area (Å²) in [4.78, 5) is 34.5. The Hall–Kier alpha value is -3.61. The van der Waals surface area contributed by atoms with Gasteiger partial charge in [0.25, 0.3) is 11.8 Å². The molecule has 37 heavy (non-hydrogen) atoms. The number of anilines is 1. The van der Waals surface area contributed by atoms with E-state index in [0.717, 1.165) is 54.4 Å². The molecule has 1 saturated carbocycles. The van der Waals surface area contributed by atoms with E-state index in [4.69, 9.17) is 4.74 Å². The average molecular weight is 521 g/mol. The molecule has 2 aliphatic rings. The molecule has 2 fully saturated rings. The summed E-state index contributed by atoms with van der Waals surface area (Å²) in [5.74, 6) is -0.521. The summed E-state index contributed by atoms with van der Waals surface area (Å²) in [6.07, 6.45) is 11.0. The first-order chi connectivity index (χ1) is 17.9. The number of ether oxygens (including phenoxy) is 1. The van der Waals surface area contributed by atoms with Crippen LogP contribution in [0, 0.1) is 6.92 Å². The van der Waals surface area contributed by atoms with E-state index >= 15 is 0 Å². The maximum atomic E-state index is 13.2. The number of morpholine rings is 1. The molecule has 2 amide bonds. The van der Waals surface area contributed by atoms with E-state index in [1.807, 2.05) is 19.4 Å². The number of carbonyl (C=O) groups is 2. The fraction of sp³-hybridized carbons (Fsp3) is 0.400. The molecule has 0 bridgehead atoms. The van der Waals surface area contributed by atoms with E-state index in [-0.39, 0.29) is 17.4 Å². The van der Waals surface area contributed by atoms with Crippen molar-refractivity contribution in [3.63, 3.8) is 0 Å². The van der Waals surface area contributed by atoms with Gasteiger partial charge in [0.2, 0.25) is 0 Å². The van der Waals surface area contributed by atoms with Crippen LogP contribution < -0.4 is 10.6 Å². The summed E-state index contributed by atoms with van der Waals surface area (Å²) >= 11 is 1.47.